The van der Waals surface area contributed by atoms with Crippen molar-refractivity contribution in [1.82, 2.24) is 5.16 Å². The summed E-state index contributed by atoms with van der Waals surface area (Å²) in [6.45, 7) is 2.27. The minimum Gasteiger partial charge on any atom is -0.382 e. The molecule has 6 rings (SSSR count). The van der Waals surface area contributed by atoms with E-state index in [9.17, 15) is 0 Å². The molecule has 8 heteroatoms. The Morgan fingerprint density at radius 3 is 2.30 bits per heavy atom. The first kappa shape index (κ1) is 22.3. The molecule has 0 radical (unpaired) electrons. The van der Waals surface area contributed by atoms with E-state index in [0.29, 0.717) is 65.5 Å². The molecule has 1 aromatic heterocycles. The summed E-state index contributed by atoms with van der Waals surface area (Å²) < 4.78 is 30.7. The van der Waals surface area contributed by atoms with Crippen LogP contribution in [0.5, 0.6) is 0 Å². The summed E-state index contributed by atoms with van der Waals surface area (Å²) in [7, 11) is 1.74. The Bertz CT molecular complexity index is 994. The van der Waals surface area contributed by atoms with Crippen molar-refractivity contribution in [1.29, 1.82) is 0 Å². The van der Waals surface area contributed by atoms with E-state index in [4.69, 9.17) is 46.7 Å². The van der Waals surface area contributed by atoms with Crippen LogP contribution in [0, 0.1) is 11.8 Å². The molecule has 1 saturated heterocycles. The van der Waals surface area contributed by atoms with E-state index in [1.54, 1.807) is 7.11 Å². The van der Waals surface area contributed by atoms with Gasteiger partial charge in [-0.05, 0) is 50.7 Å². The molecule has 1 spiro atoms. The van der Waals surface area contributed by atoms with Gasteiger partial charge in [-0.3, -0.25) is 0 Å². The molecule has 3 aliphatic carbocycles. The number of nitrogens with zero attached hydrogens (tertiary/aromatic N) is 1. The van der Waals surface area contributed by atoms with Gasteiger partial charge in [0.05, 0.1) is 42.1 Å². The summed E-state index contributed by atoms with van der Waals surface area (Å²) in [4.78, 5) is 0. The van der Waals surface area contributed by atoms with Crippen LogP contribution >= 0.6 is 23.2 Å². The molecular weight excluding hydrogens is 465 g/mol. The SMILES string of the molecule is COCC1(OCc2c(-c3c(Cl)cccc3Cl)noc2C2CC2)C[C@H]2CC[C@@H](C1)C21OCCO1. The lowest BCUT2D eigenvalue weighted by molar-refractivity contribution is -0.262. The summed E-state index contributed by atoms with van der Waals surface area (Å²) in [6.07, 6.45) is 6.10. The Hall–Kier alpha value is -1.15. The topological polar surface area (TPSA) is 63.0 Å². The van der Waals surface area contributed by atoms with Crippen molar-refractivity contribution < 1.29 is 23.5 Å². The van der Waals surface area contributed by atoms with Gasteiger partial charge in [-0.2, -0.15) is 0 Å². The van der Waals surface area contributed by atoms with Gasteiger partial charge >= 0.3 is 0 Å². The highest BCUT2D eigenvalue weighted by atomic mass is 35.5. The van der Waals surface area contributed by atoms with Crippen LogP contribution in [0.1, 0.15) is 55.8 Å². The Balaban J connectivity index is 1.31. The van der Waals surface area contributed by atoms with Crippen LogP contribution in [0.2, 0.25) is 10.0 Å². The van der Waals surface area contributed by atoms with Crippen molar-refractivity contribution in [2.75, 3.05) is 26.9 Å². The monoisotopic (exact) mass is 493 g/mol. The van der Waals surface area contributed by atoms with Crippen molar-refractivity contribution >= 4 is 23.2 Å². The number of hydrogen-bond acceptors (Lipinski definition) is 6. The third-order valence-electron chi connectivity index (χ3n) is 7.87. The highest BCUT2D eigenvalue weighted by Crippen LogP contribution is 2.58. The van der Waals surface area contributed by atoms with Crippen LogP contribution in [0.25, 0.3) is 11.3 Å². The lowest BCUT2D eigenvalue weighted by atomic mass is 9.73. The number of methoxy groups -OCH3 is 1. The fourth-order valence-electron chi connectivity index (χ4n) is 6.34. The molecule has 2 aromatic rings. The lowest BCUT2D eigenvalue weighted by Gasteiger charge is -2.48. The summed E-state index contributed by atoms with van der Waals surface area (Å²) in [5.74, 6) is 1.49. The molecule has 2 heterocycles. The van der Waals surface area contributed by atoms with E-state index in [2.05, 4.69) is 5.16 Å². The Morgan fingerprint density at radius 2 is 1.70 bits per heavy atom. The quantitative estimate of drug-likeness (QED) is 0.471. The van der Waals surface area contributed by atoms with Gasteiger partial charge in [0.1, 0.15) is 11.5 Å². The number of ether oxygens (including phenoxy) is 4. The maximum absolute atomic E-state index is 6.78. The van der Waals surface area contributed by atoms with Crippen molar-refractivity contribution in [3.8, 4) is 11.3 Å². The lowest BCUT2D eigenvalue weighted by Crippen LogP contribution is -2.54. The summed E-state index contributed by atoms with van der Waals surface area (Å²) in [6, 6.07) is 5.48. The van der Waals surface area contributed by atoms with Gasteiger partial charge in [0.2, 0.25) is 0 Å². The van der Waals surface area contributed by atoms with Crippen LogP contribution in [0.3, 0.4) is 0 Å². The average molecular weight is 494 g/mol. The van der Waals surface area contributed by atoms with Gasteiger partial charge < -0.3 is 23.5 Å². The van der Waals surface area contributed by atoms with Crippen molar-refractivity contribution in [3.05, 3.63) is 39.6 Å². The van der Waals surface area contributed by atoms with Gasteiger partial charge in [0.15, 0.2) is 5.79 Å². The molecule has 4 aliphatic rings. The Kier molecular flexibility index (Phi) is 5.75. The molecule has 4 fully saturated rings. The van der Waals surface area contributed by atoms with Crippen molar-refractivity contribution in [3.63, 3.8) is 0 Å². The van der Waals surface area contributed by atoms with Crippen LogP contribution in [-0.4, -0.2) is 43.5 Å². The normalized spacial score (nSPS) is 30.4. The highest BCUT2D eigenvalue weighted by molar-refractivity contribution is 6.39. The Labute approximate surface area is 203 Å². The highest BCUT2D eigenvalue weighted by Gasteiger charge is 2.62. The molecule has 1 unspecified atom stereocenters. The first-order valence-corrected chi connectivity index (χ1v) is 12.6. The molecular formula is C25H29Cl2NO5. The second-order valence-electron chi connectivity index (χ2n) is 9.95. The van der Waals surface area contributed by atoms with E-state index in [1.807, 2.05) is 18.2 Å². The van der Waals surface area contributed by atoms with Crippen LogP contribution < -0.4 is 0 Å². The molecule has 178 valence electrons. The third-order valence-corrected chi connectivity index (χ3v) is 8.50. The molecule has 1 aromatic carbocycles. The Morgan fingerprint density at radius 1 is 1.03 bits per heavy atom. The predicted octanol–water partition coefficient (Wildman–Crippen LogP) is 5.99. The largest absolute Gasteiger partial charge is 0.382 e. The molecule has 0 amide bonds. The van der Waals surface area contributed by atoms with E-state index in [-0.39, 0.29) is 0 Å². The number of hydrogen-bond donors (Lipinski definition) is 0. The number of aromatic nitrogens is 1. The van der Waals surface area contributed by atoms with E-state index in [0.717, 1.165) is 49.8 Å². The zero-order valence-electron chi connectivity index (χ0n) is 18.8. The molecule has 1 aliphatic heterocycles. The number of rotatable bonds is 7. The van der Waals surface area contributed by atoms with Gasteiger partial charge in [-0.15, -0.1) is 0 Å². The second kappa shape index (κ2) is 8.51. The van der Waals surface area contributed by atoms with Gasteiger partial charge in [0, 0.05) is 36.0 Å². The van der Waals surface area contributed by atoms with Crippen LogP contribution in [-0.2, 0) is 25.6 Å². The van der Waals surface area contributed by atoms with Gasteiger partial charge in [-0.25, -0.2) is 0 Å². The number of halogens is 2. The minimum absolute atomic E-state index is 0.316. The maximum Gasteiger partial charge on any atom is 0.174 e. The molecule has 3 atom stereocenters. The summed E-state index contributed by atoms with van der Waals surface area (Å²) in [5, 5.41) is 5.52. The molecule has 3 saturated carbocycles. The van der Waals surface area contributed by atoms with Crippen molar-refractivity contribution in [2.45, 2.75) is 62.4 Å². The first-order chi connectivity index (χ1) is 16.1. The third kappa shape index (κ3) is 3.74. The fraction of sp³-hybridized carbons (Fsp3) is 0.640. The zero-order valence-corrected chi connectivity index (χ0v) is 20.3. The minimum atomic E-state index is -0.423. The average Bonchev–Trinajstić information content (AvgIpc) is 3.32. The van der Waals surface area contributed by atoms with Gasteiger partial charge in [0.25, 0.3) is 0 Å². The maximum atomic E-state index is 6.78. The standard InChI is InChI=1S/C25H29Cl2NO5/c1-29-14-24(11-16-7-8-17(12-24)25(16)30-9-10-31-25)32-13-18-22(28-33-23(18)15-5-6-15)21-19(26)3-2-4-20(21)27/h2-4,15-17H,5-14H2,1H3/t16-,17+,24?. The smallest absolute Gasteiger partial charge is 0.174 e. The molecule has 2 bridgehead atoms. The van der Waals surface area contributed by atoms with Crippen molar-refractivity contribution in [2.24, 2.45) is 11.8 Å². The number of benzene rings is 1. The molecule has 0 N–H and O–H groups in total. The van der Waals surface area contributed by atoms with Crippen LogP contribution in [0.4, 0.5) is 0 Å². The molecule has 33 heavy (non-hydrogen) atoms. The van der Waals surface area contributed by atoms with Crippen LogP contribution in [0.15, 0.2) is 22.7 Å². The van der Waals surface area contributed by atoms with E-state index in [1.165, 1.54) is 0 Å². The second-order valence-corrected chi connectivity index (χ2v) is 10.8. The van der Waals surface area contributed by atoms with E-state index < -0.39 is 11.4 Å². The fourth-order valence-corrected chi connectivity index (χ4v) is 6.91. The zero-order chi connectivity index (χ0) is 22.6. The van der Waals surface area contributed by atoms with E-state index >= 15 is 0 Å². The van der Waals surface area contributed by atoms with Gasteiger partial charge in [-0.1, -0.05) is 34.4 Å². The molecule has 6 nitrogen and oxygen atoms in total. The predicted molar refractivity (Wildman–Crippen MR) is 123 cm³/mol. The summed E-state index contributed by atoms with van der Waals surface area (Å²) in [5.41, 5.74) is 1.92. The first-order valence-electron chi connectivity index (χ1n) is 11.9. The summed E-state index contributed by atoms with van der Waals surface area (Å²) >= 11 is 13.1.